The Morgan fingerprint density at radius 1 is 1.00 bits per heavy atom. The van der Waals surface area contributed by atoms with Gasteiger partial charge >= 0.3 is 13.7 Å². The van der Waals surface area contributed by atoms with Crippen LogP contribution < -0.4 is 10.1 Å². The van der Waals surface area contributed by atoms with Crippen molar-refractivity contribution in [1.82, 2.24) is 5.32 Å². The fourth-order valence-corrected chi connectivity index (χ4v) is 4.55. The lowest BCUT2D eigenvalue weighted by molar-refractivity contribution is 0.134. The van der Waals surface area contributed by atoms with Crippen molar-refractivity contribution >= 4 is 13.7 Å². The van der Waals surface area contributed by atoms with Crippen molar-refractivity contribution in [3.05, 3.63) is 65.7 Å². The molecule has 8 heteroatoms. The zero-order valence-corrected chi connectivity index (χ0v) is 17.2. The number of ether oxygens (including phenoxy) is 2. The summed E-state index contributed by atoms with van der Waals surface area (Å²) in [6.07, 6.45) is -0.737. The molecule has 1 atom stereocenters. The van der Waals surface area contributed by atoms with E-state index in [0.717, 1.165) is 5.56 Å². The summed E-state index contributed by atoms with van der Waals surface area (Å²) in [7, 11) is -2.24. The van der Waals surface area contributed by atoms with Crippen molar-refractivity contribution in [3.8, 4) is 5.75 Å². The van der Waals surface area contributed by atoms with Gasteiger partial charge in [0.2, 0.25) is 0 Å². The van der Waals surface area contributed by atoms with Gasteiger partial charge in [0, 0.05) is 5.56 Å². The smallest absolute Gasteiger partial charge is 0.408 e. The van der Waals surface area contributed by atoms with Gasteiger partial charge in [0.15, 0.2) is 5.78 Å². The number of carbonyl (C=O) groups excluding carboxylic acids is 1. The van der Waals surface area contributed by atoms with Crippen LogP contribution in [0.2, 0.25) is 0 Å². The van der Waals surface area contributed by atoms with Crippen LogP contribution in [0, 0.1) is 0 Å². The number of benzene rings is 2. The van der Waals surface area contributed by atoms with Crippen molar-refractivity contribution in [2.75, 3.05) is 20.3 Å². The molecule has 2 aromatic rings. The van der Waals surface area contributed by atoms with Gasteiger partial charge in [-0.15, -0.1) is 0 Å². The van der Waals surface area contributed by atoms with Crippen LogP contribution in [0.1, 0.15) is 30.8 Å². The lowest BCUT2D eigenvalue weighted by Gasteiger charge is -2.28. The van der Waals surface area contributed by atoms with Gasteiger partial charge in [-0.05, 0) is 25.5 Å². The molecular formula is C20H26NO6P. The maximum Gasteiger partial charge on any atom is 0.408 e. The molecule has 0 aromatic heterocycles. The van der Waals surface area contributed by atoms with Crippen LogP contribution in [-0.4, -0.2) is 26.4 Å². The zero-order valence-electron chi connectivity index (χ0n) is 16.3. The molecule has 152 valence electrons. The number of alkyl carbamates (subject to hydrolysis) is 1. The fraction of sp³-hybridized carbons (Fsp3) is 0.350. The monoisotopic (exact) mass is 407 g/mol. The molecule has 0 aliphatic heterocycles. The first-order valence-electron chi connectivity index (χ1n) is 9.03. The van der Waals surface area contributed by atoms with Crippen LogP contribution in [0.25, 0.3) is 0 Å². The number of amides is 1. The van der Waals surface area contributed by atoms with E-state index in [-0.39, 0.29) is 19.8 Å². The average molecular weight is 407 g/mol. The summed E-state index contributed by atoms with van der Waals surface area (Å²) < 4.78 is 35.0. The van der Waals surface area contributed by atoms with Crippen LogP contribution in [-0.2, 0) is 25.0 Å². The van der Waals surface area contributed by atoms with Crippen molar-refractivity contribution in [2.45, 2.75) is 26.2 Å². The molecule has 0 fully saturated rings. The SMILES string of the molecule is CCOP(=O)(OCC)C(NC(=O)OCc1ccccc1)c1ccccc1OC. The lowest BCUT2D eigenvalue weighted by atomic mass is 10.2. The summed E-state index contributed by atoms with van der Waals surface area (Å²) >= 11 is 0. The van der Waals surface area contributed by atoms with Crippen LogP contribution >= 0.6 is 7.60 Å². The highest BCUT2D eigenvalue weighted by Crippen LogP contribution is 2.60. The second kappa shape index (κ2) is 10.9. The van der Waals surface area contributed by atoms with E-state index in [1.807, 2.05) is 30.3 Å². The number of rotatable bonds is 10. The Kier molecular flexibility index (Phi) is 8.51. The van der Waals surface area contributed by atoms with Crippen LogP contribution in [0.5, 0.6) is 5.75 Å². The molecule has 0 aliphatic rings. The molecule has 2 rings (SSSR count). The van der Waals surface area contributed by atoms with E-state index < -0.39 is 19.5 Å². The molecule has 0 heterocycles. The highest BCUT2D eigenvalue weighted by Gasteiger charge is 2.40. The lowest BCUT2D eigenvalue weighted by Crippen LogP contribution is -2.30. The van der Waals surface area contributed by atoms with E-state index in [0.29, 0.717) is 11.3 Å². The Hall–Kier alpha value is -2.34. The quantitative estimate of drug-likeness (QED) is 0.565. The highest BCUT2D eigenvalue weighted by molar-refractivity contribution is 7.54. The van der Waals surface area contributed by atoms with Crippen LogP contribution in [0.4, 0.5) is 4.79 Å². The fourth-order valence-electron chi connectivity index (χ4n) is 2.64. The molecular weight excluding hydrogens is 381 g/mol. The Bertz CT molecular complexity index is 788. The Morgan fingerprint density at radius 2 is 1.61 bits per heavy atom. The maximum absolute atomic E-state index is 13.4. The van der Waals surface area contributed by atoms with Gasteiger partial charge in [0.05, 0.1) is 20.3 Å². The molecule has 1 N–H and O–H groups in total. The first-order valence-corrected chi connectivity index (χ1v) is 10.6. The summed E-state index contributed by atoms with van der Waals surface area (Å²) in [6, 6.07) is 16.2. The van der Waals surface area contributed by atoms with Gasteiger partial charge < -0.3 is 23.8 Å². The minimum absolute atomic E-state index is 0.0822. The average Bonchev–Trinajstić information content (AvgIpc) is 2.71. The van der Waals surface area contributed by atoms with Gasteiger partial charge in [-0.2, -0.15) is 0 Å². The molecule has 0 saturated carbocycles. The standard InChI is InChI=1S/C20H26NO6P/c1-4-26-28(23,27-5-2)19(17-13-9-10-14-18(17)24-3)21-20(22)25-15-16-11-7-6-8-12-16/h6-14,19H,4-5,15H2,1-3H3,(H,21,22). The summed E-state index contributed by atoms with van der Waals surface area (Å²) in [4.78, 5) is 12.4. The van der Waals surface area contributed by atoms with Gasteiger partial charge in [-0.25, -0.2) is 4.79 Å². The van der Waals surface area contributed by atoms with E-state index in [1.54, 1.807) is 38.1 Å². The second-order valence-corrected chi connectivity index (χ2v) is 7.84. The molecule has 0 saturated heterocycles. The van der Waals surface area contributed by atoms with Gasteiger partial charge in [-0.1, -0.05) is 48.5 Å². The number of hydrogen-bond donors (Lipinski definition) is 1. The predicted octanol–water partition coefficient (Wildman–Crippen LogP) is 4.89. The molecule has 0 spiro atoms. The first kappa shape index (κ1) is 22.0. The summed E-state index contributed by atoms with van der Waals surface area (Å²) in [5, 5.41) is 2.63. The molecule has 0 bridgehead atoms. The third kappa shape index (κ3) is 5.83. The summed E-state index contributed by atoms with van der Waals surface area (Å²) in [5.74, 6) is -0.623. The molecule has 7 nitrogen and oxygen atoms in total. The van der Waals surface area contributed by atoms with Crippen molar-refractivity contribution in [3.63, 3.8) is 0 Å². The predicted molar refractivity (Wildman–Crippen MR) is 106 cm³/mol. The van der Waals surface area contributed by atoms with E-state index in [1.165, 1.54) is 7.11 Å². The molecule has 28 heavy (non-hydrogen) atoms. The molecule has 1 unspecified atom stereocenters. The number of hydrogen-bond acceptors (Lipinski definition) is 6. The minimum atomic E-state index is -3.73. The topological polar surface area (TPSA) is 83.1 Å². The normalized spacial score (nSPS) is 12.2. The van der Waals surface area contributed by atoms with Gasteiger partial charge in [0.25, 0.3) is 0 Å². The molecule has 1 amide bonds. The number of para-hydroxylation sites is 1. The number of methoxy groups -OCH3 is 1. The Morgan fingerprint density at radius 3 is 2.21 bits per heavy atom. The van der Waals surface area contributed by atoms with E-state index in [2.05, 4.69) is 5.32 Å². The van der Waals surface area contributed by atoms with Crippen LogP contribution in [0.15, 0.2) is 54.6 Å². The van der Waals surface area contributed by atoms with Gasteiger partial charge in [0.1, 0.15) is 12.4 Å². The third-order valence-electron chi connectivity index (χ3n) is 3.84. The molecule has 0 radical (unpaired) electrons. The number of nitrogens with one attached hydrogen (secondary N) is 1. The number of carbonyl (C=O) groups is 1. The largest absolute Gasteiger partial charge is 0.496 e. The van der Waals surface area contributed by atoms with Crippen molar-refractivity contribution < 1.29 is 27.9 Å². The second-order valence-electron chi connectivity index (χ2n) is 5.73. The minimum Gasteiger partial charge on any atom is -0.496 e. The summed E-state index contributed by atoms with van der Waals surface area (Å²) in [5.41, 5.74) is 1.32. The van der Waals surface area contributed by atoms with E-state index in [9.17, 15) is 9.36 Å². The maximum atomic E-state index is 13.4. The first-order chi connectivity index (χ1) is 13.5. The van der Waals surface area contributed by atoms with Crippen molar-refractivity contribution in [1.29, 1.82) is 0 Å². The van der Waals surface area contributed by atoms with E-state index >= 15 is 0 Å². The molecule has 2 aromatic carbocycles. The third-order valence-corrected chi connectivity index (χ3v) is 6.11. The molecule has 0 aliphatic carbocycles. The highest BCUT2D eigenvalue weighted by atomic mass is 31.2. The van der Waals surface area contributed by atoms with E-state index in [4.69, 9.17) is 18.5 Å². The summed E-state index contributed by atoms with van der Waals surface area (Å²) in [6.45, 7) is 3.81. The van der Waals surface area contributed by atoms with Gasteiger partial charge in [-0.3, -0.25) is 4.57 Å². The zero-order chi connectivity index (χ0) is 20.4. The Labute approximate surface area is 165 Å². The van der Waals surface area contributed by atoms with Crippen molar-refractivity contribution in [2.24, 2.45) is 0 Å². The Balaban J connectivity index is 2.27. The van der Waals surface area contributed by atoms with Crippen LogP contribution in [0.3, 0.4) is 0 Å².